The Bertz CT molecular complexity index is 1380. The molecule has 174 valence electrons. The Morgan fingerprint density at radius 1 is 1.03 bits per heavy atom. The van der Waals surface area contributed by atoms with E-state index in [2.05, 4.69) is 10.3 Å². The smallest absolute Gasteiger partial charge is 0.238 e. The number of thiazole rings is 1. The predicted octanol–water partition coefficient (Wildman–Crippen LogP) is 3.73. The van der Waals surface area contributed by atoms with Gasteiger partial charge in [0.05, 0.1) is 17.0 Å². The summed E-state index contributed by atoms with van der Waals surface area (Å²) >= 11 is 1.49. The summed E-state index contributed by atoms with van der Waals surface area (Å²) in [6, 6.07) is 18.3. The summed E-state index contributed by atoms with van der Waals surface area (Å²) in [4.78, 5) is 22.7. The summed E-state index contributed by atoms with van der Waals surface area (Å²) in [5.41, 5.74) is 4.75. The van der Waals surface area contributed by atoms with Gasteiger partial charge in [-0.15, -0.1) is 11.3 Å². The van der Waals surface area contributed by atoms with Gasteiger partial charge in [-0.25, -0.2) is 18.5 Å². The van der Waals surface area contributed by atoms with E-state index < -0.39 is 10.0 Å². The van der Waals surface area contributed by atoms with Crippen LogP contribution in [0.1, 0.15) is 16.0 Å². The van der Waals surface area contributed by atoms with Gasteiger partial charge in [0.2, 0.25) is 15.9 Å². The SMILES string of the molecule is Cc1ccc(-c2nc(-c3cccnc3)sc2CC(=O)NCCc2ccc(S(N)(=O)=O)cc2)cc1. The van der Waals surface area contributed by atoms with Crippen LogP contribution in [0.5, 0.6) is 0 Å². The van der Waals surface area contributed by atoms with Crippen LogP contribution >= 0.6 is 11.3 Å². The number of hydrogen-bond acceptors (Lipinski definition) is 6. The second-order valence-corrected chi connectivity index (χ2v) is 10.5. The molecule has 2 aromatic heterocycles. The number of hydrogen-bond donors (Lipinski definition) is 2. The number of carbonyl (C=O) groups is 1. The Hall–Kier alpha value is -3.40. The Kier molecular flexibility index (Phi) is 7.16. The molecule has 2 aromatic carbocycles. The van der Waals surface area contributed by atoms with Gasteiger partial charge in [0, 0.05) is 34.9 Å². The van der Waals surface area contributed by atoms with Crippen LogP contribution in [0.2, 0.25) is 0 Å². The number of nitrogens with one attached hydrogen (secondary N) is 1. The third kappa shape index (κ3) is 5.93. The molecule has 0 spiro atoms. The van der Waals surface area contributed by atoms with Crippen LogP contribution < -0.4 is 10.5 Å². The summed E-state index contributed by atoms with van der Waals surface area (Å²) in [5, 5.41) is 8.89. The number of carbonyl (C=O) groups excluding carboxylic acids is 1. The number of aromatic nitrogens is 2. The molecule has 0 bridgehead atoms. The van der Waals surface area contributed by atoms with Gasteiger partial charge in [-0.1, -0.05) is 42.0 Å². The highest BCUT2D eigenvalue weighted by molar-refractivity contribution is 7.89. The first-order valence-corrected chi connectivity index (χ1v) is 13.0. The minimum Gasteiger partial charge on any atom is -0.355 e. The van der Waals surface area contributed by atoms with E-state index in [0.717, 1.165) is 37.8 Å². The number of pyridine rings is 1. The monoisotopic (exact) mass is 492 g/mol. The average Bonchev–Trinajstić information content (AvgIpc) is 3.23. The summed E-state index contributed by atoms with van der Waals surface area (Å²) in [6.07, 6.45) is 4.27. The number of sulfonamides is 1. The topological polar surface area (TPSA) is 115 Å². The van der Waals surface area contributed by atoms with Gasteiger partial charge >= 0.3 is 0 Å². The van der Waals surface area contributed by atoms with Gasteiger partial charge in [0.25, 0.3) is 0 Å². The number of primary sulfonamides is 1. The van der Waals surface area contributed by atoms with E-state index in [0.29, 0.717) is 13.0 Å². The number of aryl methyl sites for hydroxylation is 1. The summed E-state index contributed by atoms with van der Waals surface area (Å²) in [5.74, 6) is -0.101. The van der Waals surface area contributed by atoms with E-state index in [1.54, 1.807) is 24.5 Å². The number of nitrogens with zero attached hydrogens (tertiary/aromatic N) is 2. The number of amides is 1. The minimum atomic E-state index is -3.71. The molecule has 0 radical (unpaired) electrons. The second kappa shape index (κ2) is 10.3. The van der Waals surface area contributed by atoms with Crippen molar-refractivity contribution in [2.75, 3.05) is 6.54 Å². The largest absolute Gasteiger partial charge is 0.355 e. The summed E-state index contributed by atoms with van der Waals surface area (Å²) in [7, 11) is -3.71. The molecular formula is C25H24N4O3S2. The number of rotatable bonds is 8. The molecule has 2 heterocycles. The lowest BCUT2D eigenvalue weighted by Crippen LogP contribution is -2.27. The Morgan fingerprint density at radius 3 is 2.41 bits per heavy atom. The number of nitrogens with two attached hydrogens (primary N) is 1. The fourth-order valence-electron chi connectivity index (χ4n) is 3.42. The first-order chi connectivity index (χ1) is 16.3. The first-order valence-electron chi connectivity index (χ1n) is 10.7. The Balaban J connectivity index is 1.46. The molecule has 34 heavy (non-hydrogen) atoms. The molecule has 9 heteroatoms. The van der Waals surface area contributed by atoms with Crippen molar-refractivity contribution in [2.24, 2.45) is 5.14 Å². The number of benzene rings is 2. The quantitative estimate of drug-likeness (QED) is 0.389. The predicted molar refractivity (Wildman–Crippen MR) is 134 cm³/mol. The highest BCUT2D eigenvalue weighted by Crippen LogP contribution is 2.34. The summed E-state index contributed by atoms with van der Waals surface area (Å²) in [6.45, 7) is 2.46. The minimum absolute atomic E-state index is 0.0681. The molecular weight excluding hydrogens is 468 g/mol. The van der Waals surface area contributed by atoms with Crippen molar-refractivity contribution in [3.63, 3.8) is 0 Å². The van der Waals surface area contributed by atoms with Gasteiger partial charge in [-0.2, -0.15) is 0 Å². The van der Waals surface area contributed by atoms with Gasteiger partial charge in [-0.05, 0) is 43.2 Å². The zero-order valence-electron chi connectivity index (χ0n) is 18.6. The van der Waals surface area contributed by atoms with Crippen molar-refractivity contribution < 1.29 is 13.2 Å². The molecule has 7 nitrogen and oxygen atoms in total. The molecule has 0 saturated heterocycles. The zero-order valence-corrected chi connectivity index (χ0v) is 20.2. The Morgan fingerprint density at radius 2 is 1.76 bits per heavy atom. The average molecular weight is 493 g/mol. The van der Waals surface area contributed by atoms with Crippen molar-refractivity contribution >= 4 is 27.3 Å². The van der Waals surface area contributed by atoms with E-state index in [1.807, 2.05) is 43.3 Å². The van der Waals surface area contributed by atoms with E-state index in [1.165, 1.54) is 23.5 Å². The fourth-order valence-corrected chi connectivity index (χ4v) is 5.01. The first kappa shape index (κ1) is 23.7. The molecule has 1 amide bonds. The second-order valence-electron chi connectivity index (χ2n) is 7.86. The van der Waals surface area contributed by atoms with Gasteiger partial charge in [0.15, 0.2) is 0 Å². The van der Waals surface area contributed by atoms with Crippen LogP contribution in [0.3, 0.4) is 0 Å². The van der Waals surface area contributed by atoms with E-state index in [-0.39, 0.29) is 17.2 Å². The lowest BCUT2D eigenvalue weighted by molar-refractivity contribution is -0.120. The maximum Gasteiger partial charge on any atom is 0.238 e. The molecule has 0 aliphatic carbocycles. The van der Waals surface area contributed by atoms with E-state index in [9.17, 15) is 13.2 Å². The lowest BCUT2D eigenvalue weighted by atomic mass is 10.1. The van der Waals surface area contributed by atoms with E-state index in [4.69, 9.17) is 10.1 Å². The molecule has 0 saturated carbocycles. The molecule has 3 N–H and O–H groups in total. The van der Waals surface area contributed by atoms with E-state index >= 15 is 0 Å². The van der Waals surface area contributed by atoms with Crippen molar-refractivity contribution in [1.29, 1.82) is 0 Å². The highest BCUT2D eigenvalue weighted by atomic mass is 32.2. The molecule has 0 fully saturated rings. The van der Waals surface area contributed by atoms with Crippen molar-refractivity contribution in [2.45, 2.75) is 24.7 Å². The third-order valence-electron chi connectivity index (χ3n) is 5.24. The molecule has 4 aromatic rings. The maximum atomic E-state index is 12.7. The maximum absolute atomic E-state index is 12.7. The normalized spacial score (nSPS) is 11.4. The summed E-state index contributed by atoms with van der Waals surface area (Å²) < 4.78 is 22.7. The van der Waals surface area contributed by atoms with Crippen LogP contribution in [0.15, 0.2) is 78.0 Å². The van der Waals surface area contributed by atoms with Crippen molar-refractivity contribution in [3.05, 3.63) is 89.1 Å². The van der Waals surface area contributed by atoms with Gasteiger partial charge in [0.1, 0.15) is 5.01 Å². The molecule has 0 atom stereocenters. The van der Waals surface area contributed by atoms with Crippen molar-refractivity contribution in [3.8, 4) is 21.8 Å². The highest BCUT2D eigenvalue weighted by Gasteiger charge is 2.17. The van der Waals surface area contributed by atoms with Crippen LogP contribution in [-0.2, 0) is 27.7 Å². The molecule has 0 aliphatic rings. The van der Waals surface area contributed by atoms with Gasteiger partial charge < -0.3 is 5.32 Å². The molecule has 0 unspecified atom stereocenters. The van der Waals surface area contributed by atoms with Crippen LogP contribution in [0.4, 0.5) is 0 Å². The van der Waals surface area contributed by atoms with Gasteiger partial charge in [-0.3, -0.25) is 9.78 Å². The van der Waals surface area contributed by atoms with Crippen molar-refractivity contribution in [1.82, 2.24) is 15.3 Å². The van der Waals surface area contributed by atoms with Crippen LogP contribution in [-0.4, -0.2) is 30.8 Å². The van der Waals surface area contributed by atoms with Crippen LogP contribution in [0, 0.1) is 6.92 Å². The molecule has 4 rings (SSSR count). The van der Waals surface area contributed by atoms with Crippen LogP contribution in [0.25, 0.3) is 21.8 Å². The standard InChI is InChI=1S/C25H24N4O3S2/c1-17-4-8-19(9-5-17)24-22(33-25(29-24)20-3-2-13-27-16-20)15-23(30)28-14-12-18-6-10-21(11-7-18)34(26,31)32/h2-11,13,16H,12,14-15H2,1H3,(H,28,30)(H2,26,31,32). The molecule has 0 aliphatic heterocycles. The Labute approximate surface area is 202 Å². The lowest BCUT2D eigenvalue weighted by Gasteiger charge is -2.07. The third-order valence-corrected chi connectivity index (χ3v) is 7.27. The fraction of sp³-hybridized carbons (Fsp3) is 0.160. The zero-order chi connectivity index (χ0) is 24.1.